The van der Waals surface area contributed by atoms with Gasteiger partial charge in [0.05, 0.1) is 13.7 Å². The zero-order valence-electron chi connectivity index (χ0n) is 10.3. The number of hydrogen-bond donors (Lipinski definition) is 1. The molecule has 0 radical (unpaired) electrons. The van der Waals surface area contributed by atoms with E-state index in [4.69, 9.17) is 9.47 Å². The van der Waals surface area contributed by atoms with Crippen molar-refractivity contribution >= 4 is 11.8 Å². The fourth-order valence-electron chi connectivity index (χ4n) is 1.36. The van der Waals surface area contributed by atoms with E-state index in [1.54, 1.807) is 14.0 Å². The van der Waals surface area contributed by atoms with E-state index in [1.165, 1.54) is 0 Å². The Bertz CT molecular complexity index is 396. The Balaban J connectivity index is 2.76. The Morgan fingerprint density at radius 2 is 2.00 bits per heavy atom. The predicted molar refractivity (Wildman–Crippen MR) is 66.8 cm³/mol. The maximum atomic E-state index is 11.3. The Morgan fingerprint density at radius 1 is 1.35 bits per heavy atom. The van der Waals surface area contributed by atoms with Crippen molar-refractivity contribution in [3.63, 3.8) is 0 Å². The van der Waals surface area contributed by atoms with Gasteiger partial charge in [-0.2, -0.15) is 0 Å². The Morgan fingerprint density at radius 3 is 2.47 bits per heavy atom. The van der Waals surface area contributed by atoms with Crippen LogP contribution in [0.15, 0.2) is 30.3 Å². The first kappa shape index (κ1) is 13.1. The summed E-state index contributed by atoms with van der Waals surface area (Å²) in [4.78, 5) is 11.3. The first-order valence-electron chi connectivity index (χ1n) is 5.45. The van der Waals surface area contributed by atoms with Gasteiger partial charge in [0.1, 0.15) is 5.75 Å². The topological polar surface area (TPSA) is 47.6 Å². The van der Waals surface area contributed by atoms with Gasteiger partial charge in [0.15, 0.2) is 0 Å². The van der Waals surface area contributed by atoms with Gasteiger partial charge in [-0.3, -0.25) is 5.32 Å². The van der Waals surface area contributed by atoms with Gasteiger partial charge in [0, 0.05) is 5.70 Å². The van der Waals surface area contributed by atoms with E-state index in [0.717, 1.165) is 11.3 Å². The summed E-state index contributed by atoms with van der Waals surface area (Å²) < 4.78 is 9.90. The molecule has 0 aliphatic carbocycles. The highest BCUT2D eigenvalue weighted by atomic mass is 16.5. The van der Waals surface area contributed by atoms with Crippen molar-refractivity contribution in [2.45, 2.75) is 13.8 Å². The maximum absolute atomic E-state index is 11.3. The number of amides is 1. The van der Waals surface area contributed by atoms with Gasteiger partial charge in [0.25, 0.3) is 0 Å². The highest BCUT2D eigenvalue weighted by Crippen LogP contribution is 2.16. The Hall–Kier alpha value is -1.97. The predicted octanol–water partition coefficient (Wildman–Crippen LogP) is 2.80. The highest BCUT2D eigenvalue weighted by molar-refractivity contribution is 5.81. The summed E-state index contributed by atoms with van der Waals surface area (Å²) in [6, 6.07) is 7.43. The van der Waals surface area contributed by atoms with E-state index in [9.17, 15) is 4.79 Å². The van der Waals surface area contributed by atoms with Gasteiger partial charge in [-0.25, -0.2) is 4.79 Å². The van der Waals surface area contributed by atoms with Gasteiger partial charge >= 0.3 is 6.09 Å². The second kappa shape index (κ2) is 6.58. The molecule has 1 N–H and O–H groups in total. The van der Waals surface area contributed by atoms with Crippen LogP contribution in [0.3, 0.4) is 0 Å². The molecule has 0 unspecified atom stereocenters. The first-order valence-corrected chi connectivity index (χ1v) is 5.45. The molecule has 0 atom stereocenters. The van der Waals surface area contributed by atoms with Gasteiger partial charge in [-0.15, -0.1) is 0 Å². The van der Waals surface area contributed by atoms with Crippen LogP contribution in [0, 0.1) is 0 Å². The van der Waals surface area contributed by atoms with Crippen molar-refractivity contribution in [1.82, 2.24) is 5.32 Å². The summed E-state index contributed by atoms with van der Waals surface area (Å²) in [7, 11) is 1.61. The number of carbonyl (C=O) groups is 1. The molecule has 1 rings (SSSR count). The number of carbonyl (C=O) groups excluding carboxylic acids is 1. The summed E-state index contributed by atoms with van der Waals surface area (Å²) in [5, 5.41) is 2.68. The lowest BCUT2D eigenvalue weighted by atomic mass is 10.1. The van der Waals surface area contributed by atoms with Crippen LogP contribution >= 0.6 is 0 Å². The maximum Gasteiger partial charge on any atom is 0.411 e. The first-order chi connectivity index (χ1) is 8.21. The minimum Gasteiger partial charge on any atom is -0.497 e. The van der Waals surface area contributed by atoms with Crippen LogP contribution in [0.4, 0.5) is 4.79 Å². The van der Waals surface area contributed by atoms with Crippen molar-refractivity contribution in [3.05, 3.63) is 35.9 Å². The van der Waals surface area contributed by atoms with E-state index in [0.29, 0.717) is 12.3 Å². The number of allylic oxidation sites excluding steroid dienone is 1. The molecule has 17 heavy (non-hydrogen) atoms. The molecule has 0 bridgehead atoms. The van der Waals surface area contributed by atoms with Gasteiger partial charge in [0.2, 0.25) is 0 Å². The molecule has 0 fully saturated rings. The molecule has 0 aliphatic heterocycles. The third-order valence-corrected chi connectivity index (χ3v) is 2.20. The van der Waals surface area contributed by atoms with Crippen LogP contribution in [0.2, 0.25) is 0 Å². The lowest BCUT2D eigenvalue weighted by Gasteiger charge is -2.10. The molecule has 0 aromatic heterocycles. The Labute approximate surface area is 101 Å². The second-order valence-electron chi connectivity index (χ2n) is 3.28. The quantitative estimate of drug-likeness (QED) is 0.873. The minimum absolute atomic E-state index is 0.353. The zero-order chi connectivity index (χ0) is 12.7. The van der Waals surface area contributed by atoms with E-state index < -0.39 is 6.09 Å². The molecule has 4 heteroatoms. The van der Waals surface area contributed by atoms with Crippen molar-refractivity contribution in [2.75, 3.05) is 13.7 Å². The zero-order valence-corrected chi connectivity index (χ0v) is 10.3. The standard InChI is InChI=1S/C13H17NO3/c1-4-12(14-13(15)17-5-2)10-6-8-11(16-3)9-7-10/h4,6-9H,5H2,1-3H3,(H,14,15)/b12-4-. The molecule has 0 saturated carbocycles. The third-order valence-electron chi connectivity index (χ3n) is 2.20. The average Bonchev–Trinajstić information content (AvgIpc) is 2.36. The molecule has 1 aromatic carbocycles. The van der Waals surface area contributed by atoms with Crippen LogP contribution in [0.25, 0.3) is 5.70 Å². The number of nitrogens with one attached hydrogen (secondary N) is 1. The summed E-state index contributed by atoms with van der Waals surface area (Å²) in [6.45, 7) is 3.97. The fourth-order valence-corrected chi connectivity index (χ4v) is 1.36. The van der Waals surface area contributed by atoms with Gasteiger partial charge in [-0.1, -0.05) is 6.08 Å². The average molecular weight is 235 g/mol. The number of alkyl carbamates (subject to hydrolysis) is 1. The number of methoxy groups -OCH3 is 1. The summed E-state index contributed by atoms with van der Waals surface area (Å²) in [6.07, 6.45) is 1.37. The SMILES string of the molecule is C/C=C(\NC(=O)OCC)c1ccc(OC)cc1. The van der Waals surface area contributed by atoms with E-state index in [-0.39, 0.29) is 0 Å². The molecule has 0 aliphatic rings. The molecule has 0 spiro atoms. The molecule has 1 amide bonds. The van der Waals surface area contributed by atoms with E-state index in [1.807, 2.05) is 37.3 Å². The lowest BCUT2D eigenvalue weighted by Crippen LogP contribution is -2.22. The molecule has 1 aromatic rings. The van der Waals surface area contributed by atoms with Crippen LogP contribution in [0.5, 0.6) is 5.75 Å². The normalized spacial score (nSPS) is 10.9. The molecule has 0 heterocycles. The van der Waals surface area contributed by atoms with Crippen LogP contribution in [0.1, 0.15) is 19.4 Å². The fraction of sp³-hybridized carbons (Fsp3) is 0.308. The van der Waals surface area contributed by atoms with Crippen LogP contribution in [-0.2, 0) is 4.74 Å². The molecule has 0 saturated heterocycles. The third kappa shape index (κ3) is 3.83. The van der Waals surface area contributed by atoms with Crippen molar-refractivity contribution in [3.8, 4) is 5.75 Å². The Kier molecular flexibility index (Phi) is 5.07. The minimum atomic E-state index is -0.448. The second-order valence-corrected chi connectivity index (χ2v) is 3.28. The monoisotopic (exact) mass is 235 g/mol. The van der Waals surface area contributed by atoms with Gasteiger partial charge < -0.3 is 9.47 Å². The van der Waals surface area contributed by atoms with E-state index >= 15 is 0 Å². The van der Waals surface area contributed by atoms with Crippen LogP contribution in [-0.4, -0.2) is 19.8 Å². The summed E-state index contributed by atoms with van der Waals surface area (Å²) in [5.41, 5.74) is 1.62. The molecular weight excluding hydrogens is 218 g/mol. The number of ether oxygens (including phenoxy) is 2. The number of hydrogen-bond acceptors (Lipinski definition) is 3. The van der Waals surface area contributed by atoms with Gasteiger partial charge in [-0.05, 0) is 43.7 Å². The lowest BCUT2D eigenvalue weighted by molar-refractivity contribution is 0.157. The largest absolute Gasteiger partial charge is 0.497 e. The van der Waals surface area contributed by atoms with Crippen molar-refractivity contribution < 1.29 is 14.3 Å². The molecule has 4 nitrogen and oxygen atoms in total. The van der Waals surface area contributed by atoms with Crippen LogP contribution < -0.4 is 10.1 Å². The number of rotatable bonds is 4. The molecule has 92 valence electrons. The highest BCUT2D eigenvalue weighted by Gasteiger charge is 2.06. The molecular formula is C13H17NO3. The van der Waals surface area contributed by atoms with E-state index in [2.05, 4.69) is 5.32 Å². The van der Waals surface area contributed by atoms with Crippen molar-refractivity contribution in [2.24, 2.45) is 0 Å². The van der Waals surface area contributed by atoms with Crippen molar-refractivity contribution in [1.29, 1.82) is 0 Å². The smallest absolute Gasteiger partial charge is 0.411 e. The summed E-state index contributed by atoms with van der Waals surface area (Å²) in [5.74, 6) is 0.778. The number of benzene rings is 1. The summed E-state index contributed by atoms with van der Waals surface area (Å²) >= 11 is 0.